The summed E-state index contributed by atoms with van der Waals surface area (Å²) in [4.78, 5) is 3.90. The molecule has 1 aromatic heterocycles. The first kappa shape index (κ1) is 12.8. The number of hydrogen-bond acceptors (Lipinski definition) is 3. The largest absolute Gasteiger partial charge is 0.477 e. The fourth-order valence-corrected chi connectivity index (χ4v) is 1.14. The van der Waals surface area contributed by atoms with Gasteiger partial charge >= 0.3 is 6.18 Å². The van der Waals surface area contributed by atoms with Gasteiger partial charge in [-0.2, -0.15) is 13.2 Å². The molecule has 0 fully saturated rings. The molecular weight excluding hydrogens is 223 g/mol. The summed E-state index contributed by atoms with van der Waals surface area (Å²) in [6.07, 6.45) is -5.25. The van der Waals surface area contributed by atoms with Gasteiger partial charge in [0.1, 0.15) is 0 Å². The third-order valence-corrected chi connectivity index (χ3v) is 1.81. The monoisotopic (exact) mass is 235 g/mol. The zero-order chi connectivity index (χ0) is 12.2. The van der Waals surface area contributed by atoms with Gasteiger partial charge in [-0.1, -0.05) is 0 Å². The summed E-state index contributed by atoms with van der Waals surface area (Å²) in [5.74, 6) is 0.105. The van der Waals surface area contributed by atoms with Crippen molar-refractivity contribution in [2.75, 3.05) is 6.61 Å². The zero-order valence-corrected chi connectivity index (χ0v) is 8.71. The molecule has 0 aliphatic heterocycles. The van der Waals surface area contributed by atoms with E-state index in [4.69, 9.17) is 9.84 Å². The molecular formula is C10H12F3NO2. The summed E-state index contributed by atoms with van der Waals surface area (Å²) < 4.78 is 40.4. The maximum absolute atomic E-state index is 11.8. The predicted molar refractivity (Wildman–Crippen MR) is 51.1 cm³/mol. The van der Waals surface area contributed by atoms with Crippen molar-refractivity contribution in [2.24, 2.45) is 0 Å². The number of pyridine rings is 1. The van der Waals surface area contributed by atoms with Gasteiger partial charge in [0, 0.05) is 11.8 Å². The summed E-state index contributed by atoms with van der Waals surface area (Å²) in [6, 6.07) is 3.06. The molecule has 16 heavy (non-hydrogen) atoms. The fourth-order valence-electron chi connectivity index (χ4n) is 1.14. The molecule has 0 aliphatic carbocycles. The van der Waals surface area contributed by atoms with E-state index >= 15 is 0 Å². The van der Waals surface area contributed by atoms with Crippen LogP contribution in [0, 0.1) is 6.92 Å². The summed E-state index contributed by atoms with van der Waals surface area (Å²) in [5, 5.41) is 8.88. The Morgan fingerprint density at radius 2 is 2.06 bits per heavy atom. The Morgan fingerprint density at radius 3 is 2.62 bits per heavy atom. The average molecular weight is 235 g/mol. The number of nitrogens with zero attached hydrogens (tertiary/aromatic N) is 1. The third-order valence-electron chi connectivity index (χ3n) is 1.81. The molecule has 0 saturated heterocycles. The van der Waals surface area contributed by atoms with Crippen molar-refractivity contribution in [3.8, 4) is 5.88 Å². The lowest BCUT2D eigenvalue weighted by Crippen LogP contribution is -2.13. The highest BCUT2D eigenvalue weighted by molar-refractivity contribution is 5.23. The minimum Gasteiger partial charge on any atom is -0.477 e. The van der Waals surface area contributed by atoms with Gasteiger partial charge in [-0.3, -0.25) is 0 Å². The van der Waals surface area contributed by atoms with E-state index in [-0.39, 0.29) is 12.5 Å². The van der Waals surface area contributed by atoms with Gasteiger partial charge in [0.2, 0.25) is 5.88 Å². The lowest BCUT2D eigenvalue weighted by molar-refractivity contribution is -0.139. The lowest BCUT2D eigenvalue weighted by Gasteiger charge is -2.09. The van der Waals surface area contributed by atoms with Crippen LogP contribution in [-0.4, -0.2) is 22.9 Å². The van der Waals surface area contributed by atoms with Crippen LogP contribution in [0.4, 0.5) is 13.2 Å². The Bertz CT molecular complexity index is 352. The second kappa shape index (κ2) is 5.16. The maximum Gasteiger partial charge on any atom is 0.392 e. The minimum atomic E-state index is -4.23. The second-order valence-corrected chi connectivity index (χ2v) is 3.33. The molecule has 0 aliphatic rings. The van der Waals surface area contributed by atoms with Gasteiger partial charge in [-0.15, -0.1) is 0 Å². The molecule has 6 heteroatoms. The third kappa shape index (κ3) is 4.48. The summed E-state index contributed by atoms with van der Waals surface area (Å²) in [5.41, 5.74) is 1.16. The van der Waals surface area contributed by atoms with Crippen LogP contribution in [0.25, 0.3) is 0 Å². The average Bonchev–Trinajstić information content (AvgIpc) is 2.14. The van der Waals surface area contributed by atoms with E-state index in [1.165, 1.54) is 6.07 Å². The molecule has 1 rings (SSSR count). The maximum atomic E-state index is 11.8. The Morgan fingerprint density at radius 1 is 1.38 bits per heavy atom. The molecule has 0 amide bonds. The number of ether oxygens (including phenoxy) is 1. The Kier molecular flexibility index (Phi) is 4.12. The highest BCUT2D eigenvalue weighted by Gasteiger charge is 2.26. The normalized spacial score (nSPS) is 11.6. The van der Waals surface area contributed by atoms with E-state index in [1.54, 1.807) is 13.0 Å². The highest BCUT2D eigenvalue weighted by Crippen LogP contribution is 2.20. The van der Waals surface area contributed by atoms with Gasteiger partial charge in [-0.05, 0) is 18.6 Å². The minimum absolute atomic E-state index is 0.105. The van der Waals surface area contributed by atoms with Gasteiger partial charge in [0.05, 0.1) is 19.6 Å². The fraction of sp³-hybridized carbons (Fsp3) is 0.500. The van der Waals surface area contributed by atoms with E-state index in [9.17, 15) is 13.2 Å². The number of aryl methyl sites for hydroxylation is 1. The van der Waals surface area contributed by atoms with Crippen LogP contribution < -0.4 is 4.74 Å². The van der Waals surface area contributed by atoms with Crippen molar-refractivity contribution in [1.82, 2.24) is 4.98 Å². The SMILES string of the molecule is Cc1cc(CO)cc(OCCC(F)(F)F)n1. The van der Waals surface area contributed by atoms with Crippen molar-refractivity contribution in [3.63, 3.8) is 0 Å². The molecule has 0 bridgehead atoms. The molecule has 0 atom stereocenters. The van der Waals surface area contributed by atoms with E-state index in [0.29, 0.717) is 11.3 Å². The van der Waals surface area contributed by atoms with E-state index < -0.39 is 19.2 Å². The molecule has 0 radical (unpaired) electrons. The van der Waals surface area contributed by atoms with Crippen molar-refractivity contribution in [2.45, 2.75) is 26.1 Å². The van der Waals surface area contributed by atoms with E-state index in [1.807, 2.05) is 0 Å². The number of aromatic nitrogens is 1. The molecule has 0 unspecified atom stereocenters. The zero-order valence-electron chi connectivity index (χ0n) is 8.71. The molecule has 0 saturated carbocycles. The van der Waals surface area contributed by atoms with Crippen LogP contribution in [-0.2, 0) is 6.61 Å². The molecule has 90 valence electrons. The Balaban J connectivity index is 2.57. The van der Waals surface area contributed by atoms with Gasteiger partial charge in [0.15, 0.2) is 0 Å². The molecule has 3 nitrogen and oxygen atoms in total. The Labute approximate surface area is 90.9 Å². The van der Waals surface area contributed by atoms with Crippen LogP contribution in [0.15, 0.2) is 12.1 Å². The standard InChI is InChI=1S/C10H12F3NO2/c1-7-4-8(6-15)5-9(14-7)16-3-2-10(11,12)13/h4-5,15H,2-3,6H2,1H3. The molecule has 0 spiro atoms. The smallest absolute Gasteiger partial charge is 0.392 e. The number of hydrogen-bond donors (Lipinski definition) is 1. The van der Waals surface area contributed by atoms with Crippen LogP contribution >= 0.6 is 0 Å². The second-order valence-electron chi connectivity index (χ2n) is 3.33. The summed E-state index contributed by atoms with van der Waals surface area (Å²) in [6.45, 7) is 1.01. The number of aliphatic hydroxyl groups excluding tert-OH is 1. The van der Waals surface area contributed by atoms with Crippen LogP contribution in [0.1, 0.15) is 17.7 Å². The van der Waals surface area contributed by atoms with E-state index in [2.05, 4.69) is 4.98 Å². The van der Waals surface area contributed by atoms with Gasteiger partial charge in [0.25, 0.3) is 0 Å². The number of halogens is 3. The van der Waals surface area contributed by atoms with Crippen LogP contribution in [0.2, 0.25) is 0 Å². The van der Waals surface area contributed by atoms with Crippen LogP contribution in [0.5, 0.6) is 5.88 Å². The molecule has 0 aromatic carbocycles. The molecule has 1 aromatic rings. The number of alkyl halides is 3. The number of rotatable bonds is 4. The van der Waals surface area contributed by atoms with Crippen LogP contribution in [0.3, 0.4) is 0 Å². The van der Waals surface area contributed by atoms with Crippen molar-refractivity contribution in [3.05, 3.63) is 23.4 Å². The van der Waals surface area contributed by atoms with Crippen molar-refractivity contribution < 1.29 is 23.0 Å². The Hall–Kier alpha value is -1.30. The summed E-state index contributed by atoms with van der Waals surface area (Å²) >= 11 is 0. The summed E-state index contributed by atoms with van der Waals surface area (Å²) in [7, 11) is 0. The van der Waals surface area contributed by atoms with Crippen molar-refractivity contribution >= 4 is 0 Å². The first-order valence-corrected chi connectivity index (χ1v) is 4.68. The topological polar surface area (TPSA) is 42.4 Å². The van der Waals surface area contributed by atoms with Gasteiger partial charge in [-0.25, -0.2) is 4.98 Å². The van der Waals surface area contributed by atoms with Crippen molar-refractivity contribution in [1.29, 1.82) is 0 Å². The molecule has 1 heterocycles. The number of aliphatic hydroxyl groups is 1. The van der Waals surface area contributed by atoms with E-state index in [0.717, 1.165) is 0 Å². The predicted octanol–water partition coefficient (Wildman–Crippen LogP) is 2.21. The quantitative estimate of drug-likeness (QED) is 0.870. The molecule has 1 N–H and O–H groups in total. The first-order valence-electron chi connectivity index (χ1n) is 4.68. The van der Waals surface area contributed by atoms with Gasteiger partial charge < -0.3 is 9.84 Å². The first-order chi connectivity index (χ1) is 7.40. The highest BCUT2D eigenvalue weighted by atomic mass is 19.4. The lowest BCUT2D eigenvalue weighted by atomic mass is 10.2.